The summed E-state index contributed by atoms with van der Waals surface area (Å²) in [5.41, 5.74) is 2.83. The second kappa shape index (κ2) is 10.7. The van der Waals surface area contributed by atoms with Gasteiger partial charge in [-0.1, -0.05) is 65.8 Å². The van der Waals surface area contributed by atoms with Crippen LogP contribution in [0, 0.1) is 11.3 Å². The predicted molar refractivity (Wildman–Crippen MR) is 121 cm³/mol. The molecule has 0 aromatic heterocycles. The maximum atomic E-state index is 10.2. The number of benzene rings is 2. The maximum absolute atomic E-state index is 10.2. The highest BCUT2D eigenvalue weighted by atomic mass is 16.5. The summed E-state index contributed by atoms with van der Waals surface area (Å²) in [6, 6.07) is 16.3. The van der Waals surface area contributed by atoms with E-state index in [0.717, 1.165) is 17.9 Å². The fraction of sp³-hybridized carbons (Fsp3) is 0.538. The average Bonchev–Trinajstić information content (AvgIpc) is 2.69. The highest BCUT2D eigenvalue weighted by Gasteiger charge is 2.26. The second-order valence-electron chi connectivity index (χ2n) is 9.39. The van der Waals surface area contributed by atoms with Gasteiger partial charge in [0.25, 0.3) is 0 Å². The number of hydrogen-bond donors (Lipinski definition) is 1. The summed E-state index contributed by atoms with van der Waals surface area (Å²) in [5, 5.41) is 10.2. The average molecular weight is 399 g/mol. The van der Waals surface area contributed by atoms with E-state index in [0.29, 0.717) is 11.8 Å². The molecular formula is C26H38O3. The molecule has 0 saturated carbocycles. The van der Waals surface area contributed by atoms with Gasteiger partial charge in [-0.2, -0.15) is 0 Å². The van der Waals surface area contributed by atoms with Crippen molar-refractivity contribution >= 4 is 0 Å². The Kier molecular flexibility index (Phi) is 8.58. The lowest BCUT2D eigenvalue weighted by Gasteiger charge is -2.32. The number of aliphatic hydroxyl groups excluding tert-OH is 1. The predicted octanol–water partition coefficient (Wildman–Crippen LogP) is 6.24. The first kappa shape index (κ1) is 23.3. The first-order chi connectivity index (χ1) is 13.7. The quantitative estimate of drug-likeness (QED) is 0.514. The van der Waals surface area contributed by atoms with Crippen molar-refractivity contribution in [1.29, 1.82) is 0 Å². The van der Waals surface area contributed by atoms with Crippen LogP contribution in [0.5, 0.6) is 11.5 Å². The minimum atomic E-state index is -0.677. The molecule has 0 aliphatic carbocycles. The molecule has 2 unspecified atom stereocenters. The third-order valence-electron chi connectivity index (χ3n) is 5.25. The van der Waals surface area contributed by atoms with Gasteiger partial charge in [-0.25, -0.2) is 0 Å². The van der Waals surface area contributed by atoms with Crippen molar-refractivity contribution in [1.82, 2.24) is 0 Å². The number of aliphatic hydroxyl groups is 1. The molecule has 2 aromatic rings. The van der Waals surface area contributed by atoms with Crippen LogP contribution >= 0.6 is 0 Å². The summed E-state index contributed by atoms with van der Waals surface area (Å²) in [5.74, 6) is 2.71. The Hall–Kier alpha value is -2.00. The Balaban J connectivity index is 1.85. The van der Waals surface area contributed by atoms with Gasteiger partial charge in [-0.05, 0) is 65.5 Å². The van der Waals surface area contributed by atoms with Gasteiger partial charge in [-0.3, -0.25) is 0 Å². The molecule has 3 nitrogen and oxygen atoms in total. The molecule has 0 spiro atoms. The van der Waals surface area contributed by atoms with E-state index < -0.39 is 6.10 Å². The number of ether oxygens (including phenoxy) is 2. The molecule has 0 heterocycles. The van der Waals surface area contributed by atoms with Crippen molar-refractivity contribution in [3.63, 3.8) is 0 Å². The SMILES string of the molecule is CCc1ccc(OCC(O)COc2ccc(C(CC(C)C)C(C)(C)C)cc2)cc1. The first-order valence-corrected chi connectivity index (χ1v) is 10.8. The normalized spacial score (nSPS) is 13.9. The molecule has 3 heteroatoms. The second-order valence-corrected chi connectivity index (χ2v) is 9.39. The van der Waals surface area contributed by atoms with E-state index in [1.54, 1.807) is 0 Å². The molecule has 0 amide bonds. The summed E-state index contributed by atoms with van der Waals surface area (Å²) in [6.07, 6.45) is 1.49. The van der Waals surface area contributed by atoms with Gasteiger partial charge < -0.3 is 14.6 Å². The van der Waals surface area contributed by atoms with Crippen LogP contribution in [0.25, 0.3) is 0 Å². The van der Waals surface area contributed by atoms with Crippen LogP contribution in [-0.4, -0.2) is 24.4 Å². The molecule has 0 fully saturated rings. The Morgan fingerprint density at radius 3 is 1.72 bits per heavy atom. The van der Waals surface area contributed by atoms with Crippen LogP contribution in [0.2, 0.25) is 0 Å². The highest BCUT2D eigenvalue weighted by Crippen LogP contribution is 2.40. The van der Waals surface area contributed by atoms with Gasteiger partial charge in [0.15, 0.2) is 0 Å². The molecule has 29 heavy (non-hydrogen) atoms. The molecule has 160 valence electrons. The number of rotatable bonds is 10. The van der Waals surface area contributed by atoms with Crippen LogP contribution in [-0.2, 0) is 6.42 Å². The summed E-state index contributed by atoms with van der Waals surface area (Å²) in [6.45, 7) is 14.0. The molecule has 1 N–H and O–H groups in total. The minimum absolute atomic E-state index is 0.209. The van der Waals surface area contributed by atoms with E-state index in [4.69, 9.17) is 9.47 Å². The smallest absolute Gasteiger partial charge is 0.122 e. The van der Waals surface area contributed by atoms with Crippen molar-refractivity contribution in [2.75, 3.05) is 13.2 Å². The number of aryl methyl sites for hydroxylation is 1. The molecule has 2 aromatic carbocycles. The zero-order valence-electron chi connectivity index (χ0n) is 18.9. The lowest BCUT2D eigenvalue weighted by atomic mass is 9.72. The van der Waals surface area contributed by atoms with Crippen LogP contribution in [0.3, 0.4) is 0 Å². The van der Waals surface area contributed by atoms with E-state index in [9.17, 15) is 5.11 Å². The molecule has 0 bridgehead atoms. The lowest BCUT2D eigenvalue weighted by Crippen LogP contribution is -2.25. The fourth-order valence-electron chi connectivity index (χ4n) is 3.51. The zero-order chi connectivity index (χ0) is 21.4. The van der Waals surface area contributed by atoms with E-state index in [2.05, 4.69) is 53.7 Å². The maximum Gasteiger partial charge on any atom is 0.122 e. The molecule has 0 radical (unpaired) electrons. The van der Waals surface area contributed by atoms with Crippen LogP contribution in [0.4, 0.5) is 0 Å². The molecule has 0 aliphatic heterocycles. The van der Waals surface area contributed by atoms with Gasteiger partial charge >= 0.3 is 0 Å². The van der Waals surface area contributed by atoms with Gasteiger partial charge in [-0.15, -0.1) is 0 Å². The third-order valence-corrected chi connectivity index (χ3v) is 5.25. The van der Waals surface area contributed by atoms with Crippen molar-refractivity contribution in [2.45, 2.75) is 66.4 Å². The van der Waals surface area contributed by atoms with Crippen LogP contribution < -0.4 is 9.47 Å². The minimum Gasteiger partial charge on any atom is -0.491 e. The Morgan fingerprint density at radius 1 is 0.828 bits per heavy atom. The summed E-state index contributed by atoms with van der Waals surface area (Å²) in [7, 11) is 0. The molecule has 0 saturated heterocycles. The van der Waals surface area contributed by atoms with Crippen LogP contribution in [0.15, 0.2) is 48.5 Å². The van der Waals surface area contributed by atoms with Crippen molar-refractivity contribution in [2.24, 2.45) is 11.3 Å². The Labute approximate surface area is 177 Å². The Morgan fingerprint density at radius 2 is 1.31 bits per heavy atom. The van der Waals surface area contributed by atoms with Gasteiger partial charge in [0.2, 0.25) is 0 Å². The summed E-state index contributed by atoms with van der Waals surface area (Å²) < 4.78 is 11.4. The largest absolute Gasteiger partial charge is 0.491 e. The van der Waals surface area contributed by atoms with E-state index in [1.165, 1.54) is 17.5 Å². The van der Waals surface area contributed by atoms with Crippen LogP contribution in [0.1, 0.15) is 65.0 Å². The molecule has 2 rings (SSSR count). The van der Waals surface area contributed by atoms with E-state index in [-0.39, 0.29) is 18.6 Å². The highest BCUT2D eigenvalue weighted by molar-refractivity contribution is 5.30. The third kappa shape index (κ3) is 7.74. The summed E-state index contributed by atoms with van der Waals surface area (Å²) in [4.78, 5) is 0. The molecular weight excluding hydrogens is 360 g/mol. The van der Waals surface area contributed by atoms with Gasteiger partial charge in [0.1, 0.15) is 30.8 Å². The van der Waals surface area contributed by atoms with Crippen molar-refractivity contribution in [3.05, 3.63) is 59.7 Å². The van der Waals surface area contributed by atoms with Crippen molar-refractivity contribution < 1.29 is 14.6 Å². The van der Waals surface area contributed by atoms with E-state index >= 15 is 0 Å². The van der Waals surface area contributed by atoms with E-state index in [1.807, 2.05) is 36.4 Å². The molecule has 0 aliphatic rings. The monoisotopic (exact) mass is 398 g/mol. The zero-order valence-corrected chi connectivity index (χ0v) is 18.9. The first-order valence-electron chi connectivity index (χ1n) is 10.8. The summed E-state index contributed by atoms with van der Waals surface area (Å²) >= 11 is 0. The molecule has 2 atom stereocenters. The van der Waals surface area contributed by atoms with Crippen molar-refractivity contribution in [3.8, 4) is 11.5 Å². The topological polar surface area (TPSA) is 38.7 Å². The lowest BCUT2D eigenvalue weighted by molar-refractivity contribution is 0.0626. The fourth-order valence-corrected chi connectivity index (χ4v) is 3.51. The van der Waals surface area contributed by atoms with Gasteiger partial charge in [0, 0.05) is 0 Å². The van der Waals surface area contributed by atoms with Gasteiger partial charge in [0.05, 0.1) is 0 Å². The number of hydrogen-bond acceptors (Lipinski definition) is 3. The Bertz CT molecular complexity index is 711. The standard InChI is InChI=1S/C26H38O3/c1-7-20-8-12-23(13-9-20)28-17-22(27)18-29-24-14-10-21(11-15-24)25(16-19(2)3)26(4,5)6/h8-15,19,22,25,27H,7,16-18H2,1-6H3.